The fourth-order valence-corrected chi connectivity index (χ4v) is 2.19. The van der Waals surface area contributed by atoms with Crippen molar-refractivity contribution in [3.05, 3.63) is 83.1 Å². The van der Waals surface area contributed by atoms with Crippen molar-refractivity contribution < 1.29 is 14.4 Å². The standard InChI is InChI=1S/C17H12N2O3/c20-15-10-14(16(21)13-9-5-4-8-12(13)15)18-19-17(22)11-6-2-1-3-7-11/h1-10,18H,(H,19,22). The van der Waals surface area contributed by atoms with Crippen molar-refractivity contribution in [3.8, 4) is 0 Å². The van der Waals surface area contributed by atoms with E-state index in [0.717, 1.165) is 0 Å². The van der Waals surface area contributed by atoms with E-state index in [0.29, 0.717) is 16.7 Å². The second kappa shape index (κ2) is 5.65. The highest BCUT2D eigenvalue weighted by Crippen LogP contribution is 2.19. The number of fused-ring (bicyclic) bond motifs is 1. The van der Waals surface area contributed by atoms with E-state index in [4.69, 9.17) is 0 Å². The molecule has 0 atom stereocenters. The first-order valence-electron chi connectivity index (χ1n) is 6.68. The Morgan fingerprint density at radius 1 is 0.818 bits per heavy atom. The van der Waals surface area contributed by atoms with E-state index in [2.05, 4.69) is 10.9 Å². The molecule has 108 valence electrons. The topological polar surface area (TPSA) is 75.3 Å². The molecule has 22 heavy (non-hydrogen) atoms. The fourth-order valence-electron chi connectivity index (χ4n) is 2.19. The van der Waals surface area contributed by atoms with E-state index in [1.807, 2.05) is 0 Å². The Bertz CT molecular complexity index is 795. The maximum absolute atomic E-state index is 12.3. The van der Waals surface area contributed by atoms with Crippen LogP contribution in [0.15, 0.2) is 66.4 Å². The monoisotopic (exact) mass is 292 g/mol. The normalized spacial score (nSPS) is 13.2. The molecule has 0 spiro atoms. The molecular weight excluding hydrogens is 280 g/mol. The molecule has 0 radical (unpaired) electrons. The van der Waals surface area contributed by atoms with E-state index in [-0.39, 0.29) is 23.2 Å². The number of rotatable bonds is 3. The van der Waals surface area contributed by atoms with Crippen LogP contribution in [0.2, 0.25) is 0 Å². The number of hydrazine groups is 1. The molecule has 0 unspecified atom stereocenters. The minimum atomic E-state index is -0.388. The van der Waals surface area contributed by atoms with Crippen molar-refractivity contribution in [1.82, 2.24) is 10.9 Å². The lowest BCUT2D eigenvalue weighted by Crippen LogP contribution is -2.40. The van der Waals surface area contributed by atoms with Crippen LogP contribution in [0.25, 0.3) is 0 Å². The molecule has 0 fully saturated rings. The molecule has 0 aliphatic heterocycles. The van der Waals surface area contributed by atoms with Crippen molar-refractivity contribution in [3.63, 3.8) is 0 Å². The van der Waals surface area contributed by atoms with Gasteiger partial charge in [-0.25, -0.2) is 0 Å². The molecule has 1 amide bonds. The number of nitrogens with one attached hydrogen (secondary N) is 2. The van der Waals surface area contributed by atoms with Crippen LogP contribution < -0.4 is 10.9 Å². The largest absolute Gasteiger partial charge is 0.294 e. The van der Waals surface area contributed by atoms with Crippen LogP contribution >= 0.6 is 0 Å². The highest BCUT2D eigenvalue weighted by Gasteiger charge is 2.25. The van der Waals surface area contributed by atoms with Crippen LogP contribution in [-0.4, -0.2) is 17.5 Å². The molecule has 0 bridgehead atoms. The molecule has 3 rings (SSSR count). The van der Waals surface area contributed by atoms with Crippen LogP contribution in [0.1, 0.15) is 31.1 Å². The molecule has 2 aromatic rings. The van der Waals surface area contributed by atoms with Gasteiger partial charge in [-0.3, -0.25) is 25.2 Å². The summed E-state index contributed by atoms with van der Waals surface area (Å²) in [7, 11) is 0. The third kappa shape index (κ3) is 2.52. The molecular formula is C17H12N2O3. The van der Waals surface area contributed by atoms with E-state index in [1.54, 1.807) is 54.6 Å². The van der Waals surface area contributed by atoms with Crippen LogP contribution in [0, 0.1) is 0 Å². The summed E-state index contributed by atoms with van der Waals surface area (Å²) in [6.45, 7) is 0. The lowest BCUT2D eigenvalue weighted by Gasteiger charge is -2.16. The minimum absolute atomic E-state index is 0.0491. The van der Waals surface area contributed by atoms with Gasteiger partial charge in [-0.2, -0.15) is 0 Å². The smallest absolute Gasteiger partial charge is 0.269 e. The molecule has 5 heteroatoms. The Morgan fingerprint density at radius 3 is 2.18 bits per heavy atom. The summed E-state index contributed by atoms with van der Waals surface area (Å²) in [5, 5.41) is 0. The summed E-state index contributed by atoms with van der Waals surface area (Å²) in [5.74, 6) is -0.990. The maximum Gasteiger partial charge on any atom is 0.269 e. The first kappa shape index (κ1) is 13.8. The number of allylic oxidation sites excluding steroid dienone is 2. The molecule has 0 saturated heterocycles. The number of Topliss-reactive ketones (excluding diaryl/α,β-unsaturated/α-hetero) is 1. The van der Waals surface area contributed by atoms with Crippen LogP contribution in [0.3, 0.4) is 0 Å². The number of carbonyl (C=O) groups excluding carboxylic acids is 3. The average molecular weight is 292 g/mol. The second-order valence-electron chi connectivity index (χ2n) is 4.74. The molecule has 0 heterocycles. The van der Waals surface area contributed by atoms with E-state index >= 15 is 0 Å². The van der Waals surface area contributed by atoms with E-state index in [1.165, 1.54) is 6.08 Å². The maximum atomic E-state index is 12.3. The summed E-state index contributed by atoms with van der Waals surface area (Å²) >= 11 is 0. The predicted octanol–water partition coefficient (Wildman–Crippen LogP) is 1.88. The number of amides is 1. The molecule has 0 aromatic heterocycles. The summed E-state index contributed by atoms with van der Waals surface area (Å²) in [6.07, 6.45) is 1.19. The number of hydrogen-bond donors (Lipinski definition) is 2. The van der Waals surface area contributed by atoms with Crippen molar-refractivity contribution in [2.24, 2.45) is 0 Å². The number of benzene rings is 2. The van der Waals surface area contributed by atoms with Gasteiger partial charge in [0.05, 0.1) is 0 Å². The zero-order valence-electron chi connectivity index (χ0n) is 11.5. The van der Waals surface area contributed by atoms with Gasteiger partial charge in [0.15, 0.2) is 5.78 Å². The molecule has 0 saturated carbocycles. The van der Waals surface area contributed by atoms with Crippen LogP contribution in [0.5, 0.6) is 0 Å². The molecule has 2 N–H and O–H groups in total. The number of hydrogen-bond acceptors (Lipinski definition) is 4. The Morgan fingerprint density at radius 2 is 1.45 bits per heavy atom. The van der Waals surface area contributed by atoms with Gasteiger partial charge >= 0.3 is 0 Å². The SMILES string of the molecule is O=C(NNC1=CC(=O)c2ccccc2C1=O)c1ccccc1. The first-order valence-corrected chi connectivity index (χ1v) is 6.68. The Kier molecular flexibility index (Phi) is 3.53. The molecule has 1 aliphatic rings. The van der Waals surface area contributed by atoms with Gasteiger partial charge < -0.3 is 0 Å². The van der Waals surface area contributed by atoms with Crippen LogP contribution in [0.4, 0.5) is 0 Å². The third-order valence-corrected chi connectivity index (χ3v) is 3.30. The van der Waals surface area contributed by atoms with Gasteiger partial charge in [0.1, 0.15) is 5.70 Å². The Hall–Kier alpha value is -3.21. The lowest BCUT2D eigenvalue weighted by atomic mass is 9.93. The van der Waals surface area contributed by atoms with Crippen molar-refractivity contribution in [2.45, 2.75) is 0 Å². The highest BCUT2D eigenvalue weighted by atomic mass is 16.2. The van der Waals surface area contributed by atoms with Gasteiger partial charge in [0, 0.05) is 22.8 Å². The zero-order valence-corrected chi connectivity index (χ0v) is 11.5. The predicted molar refractivity (Wildman–Crippen MR) is 80.2 cm³/mol. The molecule has 1 aliphatic carbocycles. The van der Waals surface area contributed by atoms with Crippen LogP contribution in [-0.2, 0) is 0 Å². The van der Waals surface area contributed by atoms with Gasteiger partial charge in [-0.05, 0) is 12.1 Å². The van der Waals surface area contributed by atoms with Gasteiger partial charge in [-0.1, -0.05) is 42.5 Å². The van der Waals surface area contributed by atoms with Gasteiger partial charge in [-0.15, -0.1) is 0 Å². The Labute approximate surface area is 126 Å². The van der Waals surface area contributed by atoms with Crippen molar-refractivity contribution >= 4 is 17.5 Å². The average Bonchev–Trinajstić information content (AvgIpc) is 2.57. The third-order valence-electron chi connectivity index (χ3n) is 3.30. The Balaban J connectivity index is 1.76. The summed E-state index contributed by atoms with van der Waals surface area (Å²) in [5.41, 5.74) is 6.14. The fraction of sp³-hybridized carbons (Fsp3) is 0. The van der Waals surface area contributed by atoms with Crippen molar-refractivity contribution in [1.29, 1.82) is 0 Å². The van der Waals surface area contributed by atoms with Gasteiger partial charge in [0.25, 0.3) is 5.91 Å². The first-order chi connectivity index (χ1) is 10.7. The minimum Gasteiger partial charge on any atom is -0.294 e. The van der Waals surface area contributed by atoms with Gasteiger partial charge in [0.2, 0.25) is 5.78 Å². The van der Waals surface area contributed by atoms with E-state index < -0.39 is 0 Å². The number of carbonyl (C=O) groups is 3. The quantitative estimate of drug-likeness (QED) is 0.847. The molecule has 2 aromatic carbocycles. The second-order valence-corrected chi connectivity index (χ2v) is 4.74. The van der Waals surface area contributed by atoms with E-state index in [9.17, 15) is 14.4 Å². The number of ketones is 2. The summed E-state index contributed by atoms with van der Waals surface area (Å²) < 4.78 is 0. The highest BCUT2D eigenvalue weighted by molar-refractivity contribution is 6.24. The lowest BCUT2D eigenvalue weighted by molar-refractivity contribution is 0.0923. The van der Waals surface area contributed by atoms with Crippen molar-refractivity contribution in [2.75, 3.05) is 0 Å². The zero-order chi connectivity index (χ0) is 15.5. The summed E-state index contributed by atoms with van der Waals surface area (Å²) in [4.78, 5) is 36.2. The summed E-state index contributed by atoms with van der Waals surface area (Å²) in [6, 6.07) is 15.1. The molecule has 5 nitrogen and oxygen atoms in total.